The van der Waals surface area contributed by atoms with Gasteiger partial charge in [-0.1, -0.05) is 220 Å². The fourth-order valence-electron chi connectivity index (χ4n) is 17.1. The number of aryl methyl sites for hydroxylation is 6. The molecule has 0 aliphatic heterocycles. The molecule has 19 aromatic rings. The highest BCUT2D eigenvalue weighted by Gasteiger charge is 2.32. The Bertz CT molecular complexity index is 6030. The van der Waals surface area contributed by atoms with Crippen LogP contribution < -0.4 is 16.4 Å². The topological polar surface area (TPSA) is 19.7 Å². The van der Waals surface area contributed by atoms with Gasteiger partial charge in [0.2, 0.25) is 6.71 Å². The van der Waals surface area contributed by atoms with Crippen LogP contribution in [0.2, 0.25) is 0 Å². The van der Waals surface area contributed by atoms with Gasteiger partial charge in [0.05, 0.1) is 44.1 Å². The molecule has 0 radical (unpaired) electrons. The fourth-order valence-corrected chi connectivity index (χ4v) is 17.1. The molecule has 19 rings (SSSR count). The third-order valence-electron chi connectivity index (χ3n) is 20.7. The predicted molar refractivity (Wildman–Crippen MR) is 400 cm³/mol. The molecule has 438 valence electrons. The van der Waals surface area contributed by atoms with Gasteiger partial charge in [-0.05, 0) is 188 Å². The monoisotopic (exact) mass is 1190 g/mol. The molecule has 0 atom stereocenters. The first-order valence-electron chi connectivity index (χ1n) is 32.7. The first kappa shape index (κ1) is 53.4. The smallest absolute Gasteiger partial charge is 0.242 e. The van der Waals surface area contributed by atoms with Crippen LogP contribution in [0.5, 0.6) is 0 Å². The van der Waals surface area contributed by atoms with Gasteiger partial charge in [-0.25, -0.2) is 0 Å². The summed E-state index contributed by atoms with van der Waals surface area (Å²) in [6.45, 7) is 13.7. The van der Waals surface area contributed by atoms with Crippen molar-refractivity contribution in [2.45, 2.75) is 41.5 Å². The van der Waals surface area contributed by atoms with Gasteiger partial charge in [-0.15, -0.1) is 0 Å². The molecule has 4 aromatic heterocycles. The van der Waals surface area contributed by atoms with Crippen molar-refractivity contribution in [2.75, 3.05) is 0 Å². The third kappa shape index (κ3) is 7.93. The van der Waals surface area contributed by atoms with Crippen molar-refractivity contribution >= 4 is 153 Å². The molecule has 0 amide bonds. The maximum Gasteiger partial charge on any atom is 0.242 e. The Morgan fingerprint density at radius 3 is 0.957 bits per heavy atom. The fraction of sp³-hybridized carbons (Fsp3) is 0.0682. The number of para-hydroxylation sites is 4. The molecule has 0 fully saturated rings. The van der Waals surface area contributed by atoms with Crippen LogP contribution in [-0.2, 0) is 0 Å². The lowest BCUT2D eigenvalue weighted by molar-refractivity contribution is 1.14. The summed E-state index contributed by atoms with van der Waals surface area (Å²) in [5.41, 5.74) is 25.6. The zero-order valence-corrected chi connectivity index (χ0v) is 52.8. The van der Waals surface area contributed by atoms with Gasteiger partial charge in [-0.2, -0.15) is 0 Å². The molecule has 0 spiro atoms. The summed E-state index contributed by atoms with van der Waals surface area (Å²) < 4.78 is 10.2. The highest BCUT2D eigenvalue weighted by atomic mass is 15.0. The Balaban J connectivity index is 0.930. The van der Waals surface area contributed by atoms with Crippen molar-refractivity contribution < 1.29 is 0 Å². The number of fused-ring (bicyclic) bond motifs is 18. The average molecular weight is 1190 g/mol. The van der Waals surface area contributed by atoms with Gasteiger partial charge in [0.15, 0.2) is 0 Å². The number of benzene rings is 15. The lowest BCUT2D eigenvalue weighted by atomic mass is 9.34. The van der Waals surface area contributed by atoms with Crippen molar-refractivity contribution in [3.05, 3.63) is 306 Å². The van der Waals surface area contributed by atoms with E-state index in [4.69, 9.17) is 0 Å². The third-order valence-corrected chi connectivity index (χ3v) is 20.7. The second kappa shape index (κ2) is 20.1. The van der Waals surface area contributed by atoms with E-state index in [1.807, 2.05) is 0 Å². The summed E-state index contributed by atoms with van der Waals surface area (Å²) in [6.07, 6.45) is 0. The summed E-state index contributed by atoms with van der Waals surface area (Å²) in [5, 5.41) is 19.7. The maximum absolute atomic E-state index is 2.58. The normalized spacial score (nSPS) is 12.2. The Morgan fingerprint density at radius 2 is 0.559 bits per heavy atom. The van der Waals surface area contributed by atoms with E-state index in [2.05, 4.69) is 333 Å². The quantitative estimate of drug-likeness (QED) is 0.112. The summed E-state index contributed by atoms with van der Waals surface area (Å²) in [6, 6.07) is 104. The summed E-state index contributed by atoms with van der Waals surface area (Å²) in [5.74, 6) is 0. The number of rotatable bonds is 7. The second-order valence-corrected chi connectivity index (χ2v) is 26.4. The van der Waals surface area contributed by atoms with Crippen LogP contribution in [0.1, 0.15) is 33.4 Å². The number of hydrogen-bond donors (Lipinski definition) is 0. The Hall–Kier alpha value is -11.4. The Kier molecular flexibility index (Phi) is 11.5. The molecule has 5 heteroatoms. The van der Waals surface area contributed by atoms with Crippen LogP contribution in [0.3, 0.4) is 0 Å². The van der Waals surface area contributed by atoms with Gasteiger partial charge in [0, 0.05) is 65.8 Å². The zero-order valence-electron chi connectivity index (χ0n) is 52.8. The number of hydrogen-bond acceptors (Lipinski definition) is 0. The average Bonchev–Trinajstić information content (AvgIpc) is 1.56. The minimum Gasteiger partial charge on any atom is -0.309 e. The molecule has 4 nitrogen and oxygen atoms in total. The predicted octanol–water partition coefficient (Wildman–Crippen LogP) is 21.1. The molecular formula is C88H63BN4. The standard InChI is InChI=1S/C88H63BN4/c1-52-39-54(3)85(55(4)40-52)89(86-56(5)41-53(2)42-57(86)6)66-49-69(90-79-29-17-13-25-75(79)83-81(90)37-35-73-71-23-11-15-27-77(71)92(87(73)83)67-33-31-62-43-58-19-7-9-21-60(58)45-64(62)47-67)51-70(50-66)91-80-30-18-14-26-76(80)84-82(91)38-36-74-72-24-12-16-28-78(72)93(88(74)84)68-34-32-63-44-59-20-8-10-22-61(59)46-65(63)48-68/h7-51H,1-6H3. The molecule has 0 saturated heterocycles. The summed E-state index contributed by atoms with van der Waals surface area (Å²) in [7, 11) is 0. The van der Waals surface area contributed by atoms with Crippen molar-refractivity contribution in [1.29, 1.82) is 0 Å². The molecule has 15 aromatic carbocycles. The van der Waals surface area contributed by atoms with E-state index in [1.54, 1.807) is 0 Å². The molecular weight excluding hydrogens is 1120 g/mol. The lowest BCUT2D eigenvalue weighted by Gasteiger charge is -2.26. The minimum absolute atomic E-state index is 0.107. The van der Waals surface area contributed by atoms with Crippen LogP contribution in [0.4, 0.5) is 0 Å². The summed E-state index contributed by atoms with van der Waals surface area (Å²) >= 11 is 0. The van der Waals surface area contributed by atoms with Crippen molar-refractivity contribution in [3.8, 4) is 22.7 Å². The van der Waals surface area contributed by atoms with E-state index in [9.17, 15) is 0 Å². The van der Waals surface area contributed by atoms with Gasteiger partial charge in [-0.3, -0.25) is 0 Å². The van der Waals surface area contributed by atoms with E-state index in [1.165, 1.54) is 158 Å². The maximum atomic E-state index is 2.58. The highest BCUT2D eigenvalue weighted by Crippen LogP contribution is 2.46. The Labute approximate surface area is 539 Å². The SMILES string of the molecule is Cc1cc(C)c(B(c2cc(-n3c4ccccc4c4c3ccc3c5ccccc5n(-c5ccc6cc7ccccc7cc6c5)c34)cc(-n3c4ccccc4c4c3ccc3c5ccccc5n(-c5ccc6cc7ccccc7cc6c5)c34)c2)c2c(C)cc(C)cc2C)c(C)c1. The first-order valence-corrected chi connectivity index (χ1v) is 32.7. The highest BCUT2D eigenvalue weighted by molar-refractivity contribution is 6.96. The van der Waals surface area contributed by atoms with Crippen molar-refractivity contribution in [3.63, 3.8) is 0 Å². The van der Waals surface area contributed by atoms with Crippen molar-refractivity contribution in [2.24, 2.45) is 0 Å². The lowest BCUT2D eigenvalue weighted by Crippen LogP contribution is -2.56. The second-order valence-electron chi connectivity index (χ2n) is 26.4. The molecule has 0 saturated carbocycles. The Morgan fingerprint density at radius 1 is 0.226 bits per heavy atom. The van der Waals surface area contributed by atoms with Crippen molar-refractivity contribution in [1.82, 2.24) is 18.3 Å². The van der Waals surface area contributed by atoms with Gasteiger partial charge in [0.1, 0.15) is 0 Å². The van der Waals surface area contributed by atoms with Crippen LogP contribution in [-0.4, -0.2) is 25.0 Å². The van der Waals surface area contributed by atoms with Crippen LogP contribution in [0.15, 0.2) is 273 Å². The van der Waals surface area contributed by atoms with E-state index in [0.29, 0.717) is 0 Å². The molecule has 0 aliphatic rings. The van der Waals surface area contributed by atoms with Crippen LogP contribution in [0, 0.1) is 41.5 Å². The number of aromatic nitrogens is 4. The van der Waals surface area contributed by atoms with Gasteiger partial charge >= 0.3 is 0 Å². The van der Waals surface area contributed by atoms with E-state index >= 15 is 0 Å². The molecule has 0 N–H and O–H groups in total. The number of nitrogens with zero attached hydrogens (tertiary/aromatic N) is 4. The van der Waals surface area contributed by atoms with E-state index in [0.717, 1.165) is 44.8 Å². The minimum atomic E-state index is -0.107. The summed E-state index contributed by atoms with van der Waals surface area (Å²) in [4.78, 5) is 0. The molecule has 0 unspecified atom stereocenters. The largest absolute Gasteiger partial charge is 0.309 e. The van der Waals surface area contributed by atoms with E-state index < -0.39 is 0 Å². The molecule has 0 bridgehead atoms. The van der Waals surface area contributed by atoms with Gasteiger partial charge < -0.3 is 18.3 Å². The molecule has 93 heavy (non-hydrogen) atoms. The molecule has 4 heterocycles. The molecule has 0 aliphatic carbocycles. The first-order chi connectivity index (χ1) is 45.6. The van der Waals surface area contributed by atoms with E-state index in [-0.39, 0.29) is 6.71 Å². The van der Waals surface area contributed by atoms with Crippen LogP contribution in [0.25, 0.3) is 153 Å². The zero-order chi connectivity index (χ0) is 62.1. The van der Waals surface area contributed by atoms with Gasteiger partial charge in [0.25, 0.3) is 0 Å². The van der Waals surface area contributed by atoms with Crippen LogP contribution >= 0.6 is 0 Å².